The molecule has 0 bridgehead atoms. The third-order valence-corrected chi connectivity index (χ3v) is 2.80. The standard InChI is InChI=1S/C10H17F2N/c1-7(2)8(4-13)9(3)5-10(11,12)6-9/h4,7H,5-6,13H2,1-3H3/b8-4+. The van der Waals surface area contributed by atoms with E-state index in [1.165, 1.54) is 6.20 Å². The number of alkyl halides is 2. The van der Waals surface area contributed by atoms with Gasteiger partial charge in [-0.25, -0.2) is 8.78 Å². The van der Waals surface area contributed by atoms with Gasteiger partial charge in [-0.1, -0.05) is 20.8 Å². The number of hydrogen-bond donors (Lipinski definition) is 1. The molecule has 0 radical (unpaired) electrons. The Morgan fingerprint density at radius 2 is 1.85 bits per heavy atom. The molecule has 1 aliphatic carbocycles. The van der Waals surface area contributed by atoms with Gasteiger partial charge < -0.3 is 5.73 Å². The summed E-state index contributed by atoms with van der Waals surface area (Å²) in [4.78, 5) is 0. The molecular weight excluding hydrogens is 172 g/mol. The lowest BCUT2D eigenvalue weighted by Gasteiger charge is -2.47. The largest absolute Gasteiger partial charge is 0.405 e. The zero-order valence-corrected chi connectivity index (χ0v) is 8.40. The van der Waals surface area contributed by atoms with Gasteiger partial charge in [0.05, 0.1) is 0 Å². The van der Waals surface area contributed by atoms with Gasteiger partial charge in [-0.3, -0.25) is 0 Å². The highest BCUT2D eigenvalue weighted by atomic mass is 19.3. The van der Waals surface area contributed by atoms with Crippen molar-refractivity contribution in [1.82, 2.24) is 0 Å². The van der Waals surface area contributed by atoms with Gasteiger partial charge in [0.15, 0.2) is 0 Å². The van der Waals surface area contributed by atoms with Crippen LogP contribution in [0, 0.1) is 11.3 Å². The van der Waals surface area contributed by atoms with E-state index >= 15 is 0 Å². The van der Waals surface area contributed by atoms with Gasteiger partial charge in [0.25, 0.3) is 0 Å². The number of allylic oxidation sites excluding steroid dienone is 1. The summed E-state index contributed by atoms with van der Waals surface area (Å²) in [5.74, 6) is -2.22. The van der Waals surface area contributed by atoms with Crippen LogP contribution in [0.15, 0.2) is 11.8 Å². The van der Waals surface area contributed by atoms with E-state index in [0.29, 0.717) is 0 Å². The Balaban J connectivity index is 2.74. The Morgan fingerprint density at radius 3 is 2.08 bits per heavy atom. The van der Waals surface area contributed by atoms with Crippen molar-refractivity contribution in [2.24, 2.45) is 17.1 Å². The van der Waals surface area contributed by atoms with Crippen molar-refractivity contribution in [2.75, 3.05) is 0 Å². The van der Waals surface area contributed by atoms with Crippen LogP contribution < -0.4 is 5.73 Å². The molecule has 0 amide bonds. The molecule has 0 aromatic rings. The van der Waals surface area contributed by atoms with Crippen LogP contribution in [0.5, 0.6) is 0 Å². The first kappa shape index (κ1) is 10.5. The lowest BCUT2D eigenvalue weighted by Crippen LogP contribution is -2.46. The van der Waals surface area contributed by atoms with Crippen molar-refractivity contribution in [3.05, 3.63) is 11.8 Å². The molecule has 1 fully saturated rings. The summed E-state index contributed by atoms with van der Waals surface area (Å²) in [5, 5.41) is 0. The van der Waals surface area contributed by atoms with Crippen LogP contribution in [0.4, 0.5) is 8.78 Å². The van der Waals surface area contributed by atoms with E-state index in [-0.39, 0.29) is 24.2 Å². The summed E-state index contributed by atoms with van der Waals surface area (Å²) in [5.41, 5.74) is 6.04. The summed E-state index contributed by atoms with van der Waals surface area (Å²) < 4.78 is 25.5. The van der Waals surface area contributed by atoms with Crippen LogP contribution in [-0.2, 0) is 0 Å². The summed E-state index contributed by atoms with van der Waals surface area (Å²) in [7, 11) is 0. The lowest BCUT2D eigenvalue weighted by molar-refractivity contribution is -0.141. The van der Waals surface area contributed by atoms with Gasteiger partial charge >= 0.3 is 0 Å². The maximum Gasteiger partial charge on any atom is 0.249 e. The van der Waals surface area contributed by atoms with Crippen LogP contribution in [0.1, 0.15) is 33.6 Å². The Kier molecular flexibility index (Phi) is 2.39. The molecule has 0 saturated heterocycles. The SMILES string of the molecule is CC(C)/C(=C\N)C1(C)CC(F)(F)C1. The summed E-state index contributed by atoms with van der Waals surface area (Å²) >= 11 is 0. The molecular formula is C10H17F2N. The molecule has 13 heavy (non-hydrogen) atoms. The average Bonchev–Trinajstić information content (AvgIpc) is 1.81. The maximum atomic E-state index is 12.7. The molecule has 0 aromatic carbocycles. The number of halogens is 2. The Morgan fingerprint density at radius 1 is 1.38 bits per heavy atom. The Bertz CT molecular complexity index is 223. The molecule has 1 rings (SSSR count). The average molecular weight is 189 g/mol. The van der Waals surface area contributed by atoms with Crippen LogP contribution in [0.2, 0.25) is 0 Å². The van der Waals surface area contributed by atoms with E-state index < -0.39 is 5.92 Å². The van der Waals surface area contributed by atoms with E-state index in [2.05, 4.69) is 0 Å². The van der Waals surface area contributed by atoms with Gasteiger partial charge in [0.2, 0.25) is 5.92 Å². The fourth-order valence-corrected chi connectivity index (χ4v) is 2.38. The van der Waals surface area contributed by atoms with E-state index in [1.54, 1.807) is 0 Å². The topological polar surface area (TPSA) is 26.0 Å². The monoisotopic (exact) mass is 189 g/mol. The van der Waals surface area contributed by atoms with E-state index in [0.717, 1.165) is 5.57 Å². The fourth-order valence-electron chi connectivity index (χ4n) is 2.38. The lowest BCUT2D eigenvalue weighted by atomic mass is 9.61. The number of rotatable bonds is 2. The first-order valence-electron chi connectivity index (χ1n) is 4.61. The second-order valence-corrected chi connectivity index (χ2v) is 4.55. The third kappa shape index (κ3) is 1.84. The minimum atomic E-state index is -2.47. The fraction of sp³-hybridized carbons (Fsp3) is 0.800. The molecule has 2 N–H and O–H groups in total. The minimum Gasteiger partial charge on any atom is -0.405 e. The van der Waals surface area contributed by atoms with Crippen molar-refractivity contribution < 1.29 is 8.78 Å². The first-order chi connectivity index (χ1) is 5.81. The predicted molar refractivity (Wildman–Crippen MR) is 49.4 cm³/mol. The minimum absolute atomic E-state index is 0.0544. The van der Waals surface area contributed by atoms with Crippen molar-refractivity contribution >= 4 is 0 Å². The van der Waals surface area contributed by atoms with Crippen molar-refractivity contribution in [2.45, 2.75) is 39.5 Å². The van der Waals surface area contributed by atoms with Crippen molar-refractivity contribution in [1.29, 1.82) is 0 Å². The van der Waals surface area contributed by atoms with Crippen molar-refractivity contribution in [3.63, 3.8) is 0 Å². The molecule has 1 nitrogen and oxygen atoms in total. The van der Waals surface area contributed by atoms with Gasteiger partial charge in [-0.15, -0.1) is 0 Å². The highest BCUT2D eigenvalue weighted by molar-refractivity contribution is 5.21. The normalized spacial score (nSPS) is 25.8. The van der Waals surface area contributed by atoms with Gasteiger partial charge in [0, 0.05) is 18.3 Å². The number of hydrogen-bond acceptors (Lipinski definition) is 1. The zero-order chi connectivity index (χ0) is 10.3. The molecule has 0 aromatic heterocycles. The molecule has 3 heteroatoms. The molecule has 0 unspecified atom stereocenters. The molecule has 76 valence electrons. The molecule has 0 aliphatic heterocycles. The third-order valence-electron chi connectivity index (χ3n) is 2.80. The van der Waals surface area contributed by atoms with Crippen LogP contribution in [0.3, 0.4) is 0 Å². The Hall–Kier alpha value is -0.600. The molecule has 0 heterocycles. The summed E-state index contributed by atoms with van der Waals surface area (Å²) in [6.45, 7) is 5.84. The summed E-state index contributed by atoms with van der Waals surface area (Å²) in [6.07, 6.45) is 1.39. The zero-order valence-electron chi connectivity index (χ0n) is 8.40. The molecule has 0 atom stereocenters. The first-order valence-corrected chi connectivity index (χ1v) is 4.61. The van der Waals surface area contributed by atoms with E-state index in [1.807, 2.05) is 20.8 Å². The van der Waals surface area contributed by atoms with Gasteiger partial charge in [-0.2, -0.15) is 0 Å². The van der Waals surface area contributed by atoms with E-state index in [4.69, 9.17) is 5.73 Å². The van der Waals surface area contributed by atoms with Gasteiger partial charge in [0.1, 0.15) is 0 Å². The van der Waals surface area contributed by atoms with Gasteiger partial charge in [-0.05, 0) is 17.7 Å². The second-order valence-electron chi connectivity index (χ2n) is 4.55. The quantitative estimate of drug-likeness (QED) is 0.710. The highest BCUT2D eigenvalue weighted by Crippen LogP contribution is 2.56. The second kappa shape index (κ2) is 2.96. The highest BCUT2D eigenvalue weighted by Gasteiger charge is 2.55. The molecule has 1 saturated carbocycles. The smallest absolute Gasteiger partial charge is 0.249 e. The van der Waals surface area contributed by atoms with Crippen LogP contribution in [0.25, 0.3) is 0 Å². The van der Waals surface area contributed by atoms with E-state index in [9.17, 15) is 8.78 Å². The Labute approximate surface area is 78.0 Å². The predicted octanol–water partition coefficient (Wildman–Crippen LogP) is 2.92. The maximum absolute atomic E-state index is 12.7. The van der Waals surface area contributed by atoms with Crippen LogP contribution in [-0.4, -0.2) is 5.92 Å². The molecule has 1 aliphatic rings. The molecule has 0 spiro atoms. The van der Waals surface area contributed by atoms with Crippen LogP contribution >= 0.6 is 0 Å². The van der Waals surface area contributed by atoms with Crippen molar-refractivity contribution in [3.8, 4) is 0 Å². The number of nitrogens with two attached hydrogens (primary N) is 1. The summed E-state index contributed by atoms with van der Waals surface area (Å²) in [6, 6.07) is 0.